The molecule has 2 rings (SSSR count). The number of rotatable bonds is 9. The van der Waals surface area contributed by atoms with Gasteiger partial charge in [0.05, 0.1) is 25.3 Å². The molecular weight excluding hydrogens is 410 g/mol. The monoisotopic (exact) mass is 433 g/mol. The maximum Gasteiger partial charge on any atom is 0.343 e. The Hall–Kier alpha value is -3.40. The molecule has 0 fully saturated rings. The van der Waals surface area contributed by atoms with Gasteiger partial charge >= 0.3 is 5.97 Å². The lowest BCUT2D eigenvalue weighted by Gasteiger charge is -2.27. The van der Waals surface area contributed by atoms with E-state index in [4.69, 9.17) is 4.74 Å². The van der Waals surface area contributed by atoms with Gasteiger partial charge in [0.15, 0.2) is 6.61 Å². The lowest BCUT2D eigenvalue weighted by molar-refractivity contribution is -0.142. The lowest BCUT2D eigenvalue weighted by Crippen LogP contribution is -2.46. The van der Waals surface area contributed by atoms with Crippen molar-refractivity contribution in [1.82, 2.24) is 5.43 Å². The zero-order chi connectivity index (χ0) is 22.1. The molecule has 0 aliphatic rings. The number of benzene rings is 2. The molecule has 0 aliphatic carbocycles. The second-order valence-electron chi connectivity index (χ2n) is 6.24. The first-order chi connectivity index (χ1) is 14.2. The molecule has 1 amide bonds. The van der Waals surface area contributed by atoms with Crippen LogP contribution in [-0.4, -0.2) is 52.5 Å². The van der Waals surface area contributed by atoms with E-state index in [0.717, 1.165) is 10.6 Å². The first kappa shape index (κ1) is 22.9. The molecule has 2 aromatic rings. The molecule has 0 unspecified atom stereocenters. The van der Waals surface area contributed by atoms with Gasteiger partial charge in [0.25, 0.3) is 5.91 Å². The van der Waals surface area contributed by atoms with E-state index in [1.54, 1.807) is 54.6 Å². The summed E-state index contributed by atoms with van der Waals surface area (Å²) in [6.45, 7) is 1.28. The fourth-order valence-corrected chi connectivity index (χ4v) is 3.67. The number of carbonyl (C=O) groups is 2. The van der Waals surface area contributed by atoms with Gasteiger partial charge in [-0.1, -0.05) is 18.2 Å². The molecule has 0 saturated heterocycles. The summed E-state index contributed by atoms with van der Waals surface area (Å²) in [5.74, 6) is -0.600. The van der Waals surface area contributed by atoms with Gasteiger partial charge < -0.3 is 9.47 Å². The van der Waals surface area contributed by atoms with Crippen molar-refractivity contribution >= 4 is 33.8 Å². The van der Waals surface area contributed by atoms with Crippen LogP contribution in [0.4, 0.5) is 5.69 Å². The number of methoxy groups -OCH3 is 1. The Balaban J connectivity index is 2.00. The molecule has 0 bridgehead atoms. The molecular formula is C20H23N3O6S. The molecule has 160 valence electrons. The lowest BCUT2D eigenvalue weighted by atomic mass is 10.2. The van der Waals surface area contributed by atoms with Crippen LogP contribution in [0.1, 0.15) is 12.5 Å². The van der Waals surface area contributed by atoms with Crippen molar-refractivity contribution in [2.75, 3.05) is 24.3 Å². The molecule has 9 nitrogen and oxygen atoms in total. The van der Waals surface area contributed by atoms with Crippen molar-refractivity contribution in [3.63, 3.8) is 0 Å². The molecule has 0 aliphatic heterocycles. The van der Waals surface area contributed by atoms with Crippen LogP contribution in [0, 0.1) is 0 Å². The first-order valence-electron chi connectivity index (χ1n) is 8.89. The zero-order valence-electron chi connectivity index (χ0n) is 16.8. The van der Waals surface area contributed by atoms with E-state index >= 15 is 0 Å². The highest BCUT2D eigenvalue weighted by Crippen LogP contribution is 2.20. The maximum absolute atomic E-state index is 12.4. The number of esters is 1. The number of amides is 1. The normalized spacial score (nSPS) is 12.2. The summed E-state index contributed by atoms with van der Waals surface area (Å²) in [5.41, 5.74) is 3.39. The molecule has 0 aromatic heterocycles. The number of hydrogen-bond donors (Lipinski definition) is 1. The van der Waals surface area contributed by atoms with Crippen molar-refractivity contribution in [3.8, 4) is 5.75 Å². The predicted molar refractivity (Wildman–Crippen MR) is 113 cm³/mol. The van der Waals surface area contributed by atoms with Gasteiger partial charge in [-0.25, -0.2) is 18.6 Å². The van der Waals surface area contributed by atoms with Crippen LogP contribution < -0.4 is 14.5 Å². The van der Waals surface area contributed by atoms with Gasteiger partial charge in [0, 0.05) is 0 Å². The molecule has 0 heterocycles. The quantitative estimate of drug-likeness (QED) is 0.365. The van der Waals surface area contributed by atoms with Crippen molar-refractivity contribution in [2.24, 2.45) is 5.10 Å². The van der Waals surface area contributed by atoms with Crippen LogP contribution in [0.25, 0.3) is 0 Å². The highest BCUT2D eigenvalue weighted by atomic mass is 32.2. The summed E-state index contributed by atoms with van der Waals surface area (Å²) >= 11 is 0. The van der Waals surface area contributed by atoms with Crippen LogP contribution in [0.3, 0.4) is 0 Å². The average molecular weight is 433 g/mol. The standard InChI is InChI=1S/C20H23N3O6S/c1-15(23(30(3,26)27)17-7-5-4-6-8-17)20(25)22-21-13-16-9-11-18(12-10-16)29-14-19(24)28-2/h4-13,15H,14H2,1-3H3,(H,22,25)/b21-13-/t15-/m1/s1. The van der Waals surface area contributed by atoms with Gasteiger partial charge in [0.1, 0.15) is 11.8 Å². The highest BCUT2D eigenvalue weighted by Gasteiger charge is 2.28. The number of anilines is 1. The molecule has 10 heteroatoms. The Labute approximate surface area is 175 Å². The second-order valence-corrected chi connectivity index (χ2v) is 8.10. The van der Waals surface area contributed by atoms with Gasteiger partial charge in [-0.15, -0.1) is 0 Å². The minimum absolute atomic E-state index is 0.198. The Bertz CT molecular complexity index is 991. The van der Waals surface area contributed by atoms with Crippen LogP contribution in [0.5, 0.6) is 5.75 Å². The third-order valence-electron chi connectivity index (χ3n) is 3.95. The van der Waals surface area contributed by atoms with E-state index in [1.807, 2.05) is 0 Å². The molecule has 2 aromatic carbocycles. The largest absolute Gasteiger partial charge is 0.482 e. The van der Waals surface area contributed by atoms with E-state index in [1.165, 1.54) is 20.2 Å². The number of nitrogens with one attached hydrogen (secondary N) is 1. The molecule has 30 heavy (non-hydrogen) atoms. The van der Waals surface area contributed by atoms with Crippen molar-refractivity contribution in [3.05, 3.63) is 60.2 Å². The number of nitrogens with zero attached hydrogens (tertiary/aromatic N) is 2. The van der Waals surface area contributed by atoms with Gasteiger partial charge in [-0.05, 0) is 48.9 Å². The van der Waals surface area contributed by atoms with E-state index in [2.05, 4.69) is 15.3 Å². The zero-order valence-corrected chi connectivity index (χ0v) is 17.6. The van der Waals surface area contributed by atoms with Crippen molar-refractivity contribution < 1.29 is 27.5 Å². The number of sulfonamides is 1. The molecule has 0 saturated carbocycles. The first-order valence-corrected chi connectivity index (χ1v) is 10.7. The molecule has 1 N–H and O–H groups in total. The van der Waals surface area contributed by atoms with Crippen LogP contribution >= 0.6 is 0 Å². The summed E-state index contributed by atoms with van der Waals surface area (Å²) in [6.07, 6.45) is 2.44. The van der Waals surface area contributed by atoms with Gasteiger partial charge in [-0.3, -0.25) is 9.10 Å². The topological polar surface area (TPSA) is 114 Å². The Morgan fingerprint density at radius 3 is 2.33 bits per heavy atom. The Morgan fingerprint density at radius 1 is 1.13 bits per heavy atom. The van der Waals surface area contributed by atoms with E-state index in [-0.39, 0.29) is 6.61 Å². The Kier molecular flexibility index (Phi) is 7.93. The van der Waals surface area contributed by atoms with Crippen LogP contribution in [-0.2, 0) is 24.3 Å². The fourth-order valence-electron chi connectivity index (χ4n) is 2.50. The molecule has 1 atom stereocenters. The summed E-state index contributed by atoms with van der Waals surface area (Å²) in [7, 11) is -2.41. The number of ether oxygens (including phenoxy) is 2. The van der Waals surface area contributed by atoms with Crippen molar-refractivity contribution in [2.45, 2.75) is 13.0 Å². The summed E-state index contributed by atoms with van der Waals surface area (Å²) in [6, 6.07) is 14.0. The number of carbonyl (C=O) groups excluding carboxylic acids is 2. The third kappa shape index (κ3) is 6.59. The summed E-state index contributed by atoms with van der Waals surface area (Å²) in [5, 5.41) is 3.88. The second kappa shape index (κ2) is 10.4. The molecule has 0 radical (unpaired) electrons. The smallest absolute Gasteiger partial charge is 0.343 e. The minimum atomic E-state index is -3.68. The van der Waals surface area contributed by atoms with Crippen molar-refractivity contribution in [1.29, 1.82) is 0 Å². The van der Waals surface area contributed by atoms with Crippen LogP contribution in [0.2, 0.25) is 0 Å². The van der Waals surface area contributed by atoms with E-state index in [9.17, 15) is 18.0 Å². The highest BCUT2D eigenvalue weighted by molar-refractivity contribution is 7.92. The van der Waals surface area contributed by atoms with Crippen LogP contribution in [0.15, 0.2) is 59.7 Å². The maximum atomic E-state index is 12.4. The Morgan fingerprint density at radius 2 is 1.77 bits per heavy atom. The number of para-hydroxylation sites is 1. The van der Waals surface area contributed by atoms with Gasteiger partial charge in [-0.2, -0.15) is 5.10 Å². The number of hydrogen-bond acceptors (Lipinski definition) is 7. The fraction of sp³-hybridized carbons (Fsp3) is 0.250. The SMILES string of the molecule is COC(=O)COc1ccc(/C=N\NC(=O)[C@@H](C)N(c2ccccc2)S(C)(=O)=O)cc1. The average Bonchev–Trinajstić information content (AvgIpc) is 2.72. The summed E-state index contributed by atoms with van der Waals surface area (Å²) in [4.78, 5) is 23.5. The van der Waals surface area contributed by atoms with Gasteiger partial charge in [0.2, 0.25) is 10.0 Å². The number of hydrazone groups is 1. The third-order valence-corrected chi connectivity index (χ3v) is 5.19. The predicted octanol–water partition coefficient (Wildman–Crippen LogP) is 1.54. The minimum Gasteiger partial charge on any atom is -0.482 e. The van der Waals surface area contributed by atoms with E-state index in [0.29, 0.717) is 17.0 Å². The van der Waals surface area contributed by atoms with E-state index < -0.39 is 27.9 Å². The summed E-state index contributed by atoms with van der Waals surface area (Å²) < 4.78 is 35.1. The molecule has 0 spiro atoms.